The summed E-state index contributed by atoms with van der Waals surface area (Å²) in [6.45, 7) is 6.72. The molecular weight excluding hydrogens is 346 g/mol. The standard InChI is InChI=1S/C19H25N5OS/c1-4-26-19-21-20-18-22(15-10-5-6-11-16(15)24(18)19)12-17(25)23-13(2)8-7-9-14(23)3/h5-6,10-11,13-14H,4,7-9,12H2,1-3H3. The number of nitrogens with zero attached hydrogens (tertiary/aromatic N) is 5. The van der Waals surface area contributed by atoms with E-state index in [-0.39, 0.29) is 5.91 Å². The van der Waals surface area contributed by atoms with Gasteiger partial charge in [0, 0.05) is 12.1 Å². The molecule has 1 aliphatic heterocycles. The number of hydrogen-bond acceptors (Lipinski definition) is 4. The fourth-order valence-electron chi connectivity index (χ4n) is 4.15. The molecule has 4 rings (SSSR count). The van der Waals surface area contributed by atoms with Crippen molar-refractivity contribution in [1.82, 2.24) is 24.1 Å². The summed E-state index contributed by atoms with van der Waals surface area (Å²) in [6.07, 6.45) is 3.37. The smallest absolute Gasteiger partial charge is 0.243 e. The number of thioether (sulfide) groups is 1. The van der Waals surface area contributed by atoms with Crippen molar-refractivity contribution in [2.45, 2.75) is 63.8 Å². The average molecular weight is 372 g/mol. The molecule has 7 heteroatoms. The summed E-state index contributed by atoms with van der Waals surface area (Å²) in [5.41, 5.74) is 2.08. The Hall–Kier alpha value is -2.02. The Bertz CT molecular complexity index is 936. The summed E-state index contributed by atoms with van der Waals surface area (Å²) in [4.78, 5) is 15.2. The quantitative estimate of drug-likeness (QED) is 0.658. The molecule has 2 aromatic heterocycles. The maximum absolute atomic E-state index is 13.1. The molecule has 3 aromatic rings. The van der Waals surface area contributed by atoms with Crippen LogP contribution in [0.15, 0.2) is 29.4 Å². The maximum Gasteiger partial charge on any atom is 0.243 e. The number of imidazole rings is 1. The molecule has 0 saturated carbocycles. The number of likely N-dealkylation sites (tertiary alicyclic amines) is 1. The Labute approximate surface area is 157 Å². The van der Waals surface area contributed by atoms with Crippen LogP contribution in [0.2, 0.25) is 0 Å². The molecule has 1 amide bonds. The van der Waals surface area contributed by atoms with Gasteiger partial charge in [0.15, 0.2) is 5.16 Å². The molecule has 1 aliphatic rings. The van der Waals surface area contributed by atoms with E-state index in [9.17, 15) is 4.79 Å². The largest absolute Gasteiger partial charge is 0.336 e. The molecule has 1 saturated heterocycles. The number of fused-ring (bicyclic) bond motifs is 3. The van der Waals surface area contributed by atoms with E-state index in [4.69, 9.17) is 0 Å². The summed E-state index contributed by atoms with van der Waals surface area (Å²) >= 11 is 1.67. The van der Waals surface area contributed by atoms with Gasteiger partial charge in [-0.1, -0.05) is 30.8 Å². The Morgan fingerprint density at radius 1 is 1.15 bits per heavy atom. The van der Waals surface area contributed by atoms with Gasteiger partial charge in [0.1, 0.15) is 6.54 Å². The zero-order valence-corrected chi connectivity index (χ0v) is 16.4. The van der Waals surface area contributed by atoms with Crippen molar-refractivity contribution in [2.75, 3.05) is 5.75 Å². The van der Waals surface area contributed by atoms with Crippen LogP contribution in [0.3, 0.4) is 0 Å². The van der Waals surface area contributed by atoms with Crippen LogP contribution in [0.25, 0.3) is 16.8 Å². The first-order valence-corrected chi connectivity index (χ1v) is 10.4. The molecule has 2 atom stereocenters. The summed E-state index contributed by atoms with van der Waals surface area (Å²) in [5, 5.41) is 9.61. The molecule has 0 aliphatic carbocycles. The lowest BCUT2D eigenvalue weighted by Crippen LogP contribution is -2.48. The van der Waals surface area contributed by atoms with Crippen molar-refractivity contribution in [3.8, 4) is 0 Å². The van der Waals surface area contributed by atoms with Crippen molar-refractivity contribution in [2.24, 2.45) is 0 Å². The molecule has 3 heterocycles. The zero-order chi connectivity index (χ0) is 18.3. The second-order valence-corrected chi connectivity index (χ2v) is 8.29. The van der Waals surface area contributed by atoms with Crippen LogP contribution in [0.4, 0.5) is 0 Å². The normalized spacial score (nSPS) is 21.0. The van der Waals surface area contributed by atoms with Crippen molar-refractivity contribution in [3.63, 3.8) is 0 Å². The summed E-state index contributed by atoms with van der Waals surface area (Å²) in [6, 6.07) is 8.75. The van der Waals surface area contributed by atoms with Crippen LogP contribution >= 0.6 is 11.8 Å². The van der Waals surface area contributed by atoms with Gasteiger partial charge in [0.2, 0.25) is 11.7 Å². The van der Waals surface area contributed by atoms with Crippen molar-refractivity contribution >= 4 is 34.5 Å². The molecule has 1 aromatic carbocycles. The van der Waals surface area contributed by atoms with E-state index < -0.39 is 0 Å². The van der Waals surface area contributed by atoms with Crippen LogP contribution < -0.4 is 0 Å². The first kappa shape index (κ1) is 17.4. The van der Waals surface area contributed by atoms with Gasteiger partial charge in [0.25, 0.3) is 0 Å². The molecule has 138 valence electrons. The lowest BCUT2D eigenvalue weighted by atomic mass is 9.97. The highest BCUT2D eigenvalue weighted by atomic mass is 32.2. The fourth-order valence-corrected chi connectivity index (χ4v) is 4.81. The number of hydrogen-bond donors (Lipinski definition) is 0. The van der Waals surface area contributed by atoms with E-state index in [2.05, 4.69) is 52.4 Å². The van der Waals surface area contributed by atoms with Crippen LogP contribution in [-0.2, 0) is 11.3 Å². The summed E-state index contributed by atoms with van der Waals surface area (Å²) in [5.74, 6) is 1.84. The molecule has 0 radical (unpaired) electrons. The molecule has 26 heavy (non-hydrogen) atoms. The number of para-hydroxylation sites is 2. The molecule has 0 bridgehead atoms. The summed E-state index contributed by atoms with van der Waals surface area (Å²) < 4.78 is 4.08. The molecule has 6 nitrogen and oxygen atoms in total. The van der Waals surface area contributed by atoms with Gasteiger partial charge in [-0.05, 0) is 51.0 Å². The summed E-state index contributed by atoms with van der Waals surface area (Å²) in [7, 11) is 0. The van der Waals surface area contributed by atoms with Crippen molar-refractivity contribution in [1.29, 1.82) is 0 Å². The van der Waals surface area contributed by atoms with E-state index in [1.165, 1.54) is 6.42 Å². The maximum atomic E-state index is 13.1. The molecular formula is C19H25N5OS. The van der Waals surface area contributed by atoms with E-state index in [1.807, 2.05) is 16.7 Å². The Kier molecular flexibility index (Phi) is 4.65. The first-order valence-electron chi connectivity index (χ1n) is 9.38. The highest BCUT2D eigenvalue weighted by molar-refractivity contribution is 7.99. The number of amides is 1. The Morgan fingerprint density at radius 3 is 2.54 bits per heavy atom. The zero-order valence-electron chi connectivity index (χ0n) is 15.6. The van der Waals surface area contributed by atoms with Crippen LogP contribution in [0.1, 0.15) is 40.0 Å². The highest BCUT2D eigenvalue weighted by Crippen LogP contribution is 2.27. The van der Waals surface area contributed by atoms with Gasteiger partial charge in [-0.3, -0.25) is 13.8 Å². The predicted octanol–water partition coefficient (Wildman–Crippen LogP) is 3.59. The van der Waals surface area contributed by atoms with Crippen molar-refractivity contribution in [3.05, 3.63) is 24.3 Å². The predicted molar refractivity (Wildman–Crippen MR) is 105 cm³/mol. The molecule has 2 unspecified atom stereocenters. The van der Waals surface area contributed by atoms with E-state index in [0.717, 1.165) is 40.6 Å². The van der Waals surface area contributed by atoms with E-state index in [1.54, 1.807) is 11.8 Å². The van der Waals surface area contributed by atoms with Gasteiger partial charge in [-0.2, -0.15) is 0 Å². The van der Waals surface area contributed by atoms with E-state index >= 15 is 0 Å². The van der Waals surface area contributed by atoms with Gasteiger partial charge >= 0.3 is 0 Å². The van der Waals surface area contributed by atoms with Crippen molar-refractivity contribution < 1.29 is 4.79 Å². The number of benzene rings is 1. The molecule has 0 spiro atoms. The monoisotopic (exact) mass is 371 g/mol. The van der Waals surface area contributed by atoms with E-state index in [0.29, 0.717) is 18.6 Å². The number of carbonyl (C=O) groups excluding carboxylic acids is 1. The number of rotatable bonds is 4. The SMILES string of the molecule is CCSc1nnc2n(CC(=O)N3C(C)CCCC3C)c3ccccc3n12. The third-order valence-corrected chi connectivity index (χ3v) is 6.13. The van der Waals surface area contributed by atoms with Gasteiger partial charge in [-0.25, -0.2) is 0 Å². The third-order valence-electron chi connectivity index (χ3n) is 5.32. The minimum absolute atomic E-state index is 0.167. The fraction of sp³-hybridized carbons (Fsp3) is 0.526. The molecule has 1 fully saturated rings. The Balaban J connectivity index is 1.77. The van der Waals surface area contributed by atoms with Gasteiger partial charge in [0.05, 0.1) is 11.0 Å². The number of aromatic nitrogens is 4. The first-order chi connectivity index (χ1) is 12.6. The topological polar surface area (TPSA) is 55.4 Å². The minimum Gasteiger partial charge on any atom is -0.336 e. The number of carbonyl (C=O) groups is 1. The van der Waals surface area contributed by atoms with Crippen LogP contribution in [0.5, 0.6) is 0 Å². The third kappa shape index (κ3) is 2.78. The second-order valence-electron chi connectivity index (χ2n) is 7.06. The Morgan fingerprint density at radius 2 is 1.85 bits per heavy atom. The van der Waals surface area contributed by atoms with Crippen LogP contribution in [-0.4, -0.2) is 47.8 Å². The van der Waals surface area contributed by atoms with Gasteiger partial charge < -0.3 is 4.90 Å². The van der Waals surface area contributed by atoms with Gasteiger partial charge in [-0.15, -0.1) is 10.2 Å². The lowest BCUT2D eigenvalue weighted by molar-refractivity contribution is -0.137. The minimum atomic E-state index is 0.167. The average Bonchev–Trinajstić information content (AvgIpc) is 3.15. The lowest BCUT2D eigenvalue weighted by Gasteiger charge is -2.39. The molecule has 0 N–H and O–H groups in total. The number of piperidine rings is 1. The van der Waals surface area contributed by atoms with Crippen LogP contribution in [0, 0.1) is 0 Å². The second kappa shape index (κ2) is 6.95. The highest BCUT2D eigenvalue weighted by Gasteiger charge is 2.30.